The van der Waals surface area contributed by atoms with Crippen LogP contribution in [-0.4, -0.2) is 43.8 Å². The van der Waals surface area contributed by atoms with Crippen molar-refractivity contribution in [1.29, 1.82) is 0 Å². The summed E-state index contributed by atoms with van der Waals surface area (Å²) in [4.78, 5) is 1.97. The third-order valence-electron chi connectivity index (χ3n) is 4.78. The predicted molar refractivity (Wildman–Crippen MR) is 113 cm³/mol. The monoisotopic (exact) mass is 389 g/mol. The largest absolute Gasteiger partial charge is 0.305 e. The molecule has 5 heteroatoms. The highest BCUT2D eigenvalue weighted by Gasteiger charge is 2.06. The van der Waals surface area contributed by atoms with Gasteiger partial charge in [0.05, 0.1) is 5.75 Å². The molecular weight excluding hydrogens is 346 g/mol. The molecule has 0 bridgehead atoms. The van der Waals surface area contributed by atoms with Crippen molar-refractivity contribution in [2.75, 3.05) is 25.9 Å². The summed E-state index contributed by atoms with van der Waals surface area (Å²) < 4.78 is 30.1. The molecule has 0 atom stereocenters. The van der Waals surface area contributed by atoms with Crippen molar-refractivity contribution >= 4 is 10.1 Å². The Morgan fingerprint density at radius 1 is 0.731 bits per heavy atom. The van der Waals surface area contributed by atoms with Crippen LogP contribution in [0.1, 0.15) is 96.8 Å². The van der Waals surface area contributed by atoms with Crippen LogP contribution < -0.4 is 0 Å². The van der Waals surface area contributed by atoms with Crippen molar-refractivity contribution < 1.29 is 13.0 Å². The lowest BCUT2D eigenvalue weighted by Crippen LogP contribution is -2.26. The van der Waals surface area contributed by atoms with Crippen LogP contribution >= 0.6 is 0 Å². The van der Waals surface area contributed by atoms with Gasteiger partial charge in [0.1, 0.15) is 0 Å². The molecular formula is C21H43NO3S. The van der Waals surface area contributed by atoms with E-state index in [1.54, 1.807) is 0 Å². The number of nitrogens with zero attached hydrogens (tertiary/aromatic N) is 1. The quantitative estimate of drug-likeness (QED) is 0.171. The van der Waals surface area contributed by atoms with Gasteiger partial charge in [-0.15, -0.1) is 0 Å². The summed E-state index contributed by atoms with van der Waals surface area (Å²) in [5.74, 6) is -0.171. The Morgan fingerprint density at radius 3 is 1.69 bits per heavy atom. The van der Waals surface area contributed by atoms with Crippen LogP contribution in [0.25, 0.3) is 0 Å². The van der Waals surface area contributed by atoms with Crippen LogP contribution in [0.4, 0.5) is 0 Å². The maximum Gasteiger partial charge on any atom is 0.266 e. The molecule has 26 heavy (non-hydrogen) atoms. The molecule has 0 heterocycles. The van der Waals surface area contributed by atoms with E-state index in [2.05, 4.69) is 19.1 Å². The highest BCUT2D eigenvalue weighted by Crippen LogP contribution is 2.10. The molecule has 0 radical (unpaired) electrons. The lowest BCUT2D eigenvalue weighted by Gasteiger charge is -2.15. The molecule has 0 aromatic heterocycles. The highest BCUT2D eigenvalue weighted by atomic mass is 32.2. The minimum atomic E-state index is -3.83. The van der Waals surface area contributed by atoms with E-state index in [9.17, 15) is 8.42 Å². The summed E-state index contributed by atoms with van der Waals surface area (Å²) in [5.41, 5.74) is 0. The number of unbranched alkanes of at least 4 members (excludes halogenated alkanes) is 12. The number of hydrogen-bond acceptors (Lipinski definition) is 3. The fourth-order valence-electron chi connectivity index (χ4n) is 3.01. The second-order valence-corrected chi connectivity index (χ2v) is 9.10. The van der Waals surface area contributed by atoms with Crippen LogP contribution in [0, 0.1) is 0 Å². The van der Waals surface area contributed by atoms with E-state index < -0.39 is 10.1 Å². The van der Waals surface area contributed by atoms with Crippen molar-refractivity contribution in [2.24, 2.45) is 0 Å². The summed E-state index contributed by atoms with van der Waals surface area (Å²) in [5, 5.41) is 0. The first-order chi connectivity index (χ1) is 12.5. The van der Waals surface area contributed by atoms with Gasteiger partial charge in [0.25, 0.3) is 10.1 Å². The first kappa shape index (κ1) is 25.6. The lowest BCUT2D eigenvalue weighted by molar-refractivity contribution is 0.337. The van der Waals surface area contributed by atoms with E-state index in [0.717, 1.165) is 13.0 Å². The van der Waals surface area contributed by atoms with Crippen LogP contribution in [-0.2, 0) is 10.1 Å². The molecule has 4 nitrogen and oxygen atoms in total. The van der Waals surface area contributed by atoms with Crippen molar-refractivity contribution in [3.63, 3.8) is 0 Å². The van der Waals surface area contributed by atoms with Gasteiger partial charge in [-0.1, -0.05) is 76.9 Å². The average Bonchev–Trinajstić information content (AvgIpc) is 2.59. The Hall–Kier alpha value is -0.390. The summed E-state index contributed by atoms with van der Waals surface area (Å²) in [7, 11) is -1.92. The predicted octanol–water partition coefficient (Wildman–Crippen LogP) is 5.84. The van der Waals surface area contributed by atoms with Gasteiger partial charge in [0.2, 0.25) is 0 Å². The molecule has 1 N–H and O–H groups in total. The molecule has 0 rings (SSSR count). The second-order valence-electron chi connectivity index (χ2n) is 7.53. The van der Waals surface area contributed by atoms with Crippen molar-refractivity contribution in [3.05, 3.63) is 12.2 Å². The number of rotatable bonds is 19. The molecule has 0 aromatic rings. The second kappa shape index (κ2) is 18.0. The fraction of sp³-hybridized carbons (Fsp3) is 0.905. The topological polar surface area (TPSA) is 57.6 Å². The summed E-state index contributed by atoms with van der Waals surface area (Å²) in [6.45, 7) is 3.57. The van der Waals surface area contributed by atoms with Crippen LogP contribution in [0.15, 0.2) is 12.2 Å². The van der Waals surface area contributed by atoms with Gasteiger partial charge in [0.15, 0.2) is 0 Å². The van der Waals surface area contributed by atoms with E-state index in [4.69, 9.17) is 4.55 Å². The zero-order valence-electron chi connectivity index (χ0n) is 17.3. The van der Waals surface area contributed by atoms with E-state index in [-0.39, 0.29) is 5.75 Å². The Morgan fingerprint density at radius 2 is 1.19 bits per heavy atom. The molecule has 156 valence electrons. The first-order valence-electron chi connectivity index (χ1n) is 10.7. The first-order valence-corrected chi connectivity index (χ1v) is 12.4. The third kappa shape index (κ3) is 21.7. The summed E-state index contributed by atoms with van der Waals surface area (Å²) in [6.07, 6.45) is 22.9. The molecule has 0 spiro atoms. The van der Waals surface area contributed by atoms with Crippen LogP contribution in [0.2, 0.25) is 0 Å². The van der Waals surface area contributed by atoms with Gasteiger partial charge >= 0.3 is 0 Å². The van der Waals surface area contributed by atoms with Gasteiger partial charge in [-0.3, -0.25) is 4.55 Å². The molecule has 0 fully saturated rings. The van der Waals surface area contributed by atoms with Crippen molar-refractivity contribution in [2.45, 2.75) is 96.8 Å². The van der Waals surface area contributed by atoms with Gasteiger partial charge in [-0.05, 0) is 45.7 Å². The molecule has 0 saturated heterocycles. The SMILES string of the molecule is CCCCCCCC/C=C\CCCCCCCCN(C)CCS(=O)(=O)O. The third-order valence-corrected chi connectivity index (χ3v) is 5.48. The van der Waals surface area contributed by atoms with Gasteiger partial charge in [-0.2, -0.15) is 8.42 Å². The van der Waals surface area contributed by atoms with Crippen LogP contribution in [0.5, 0.6) is 0 Å². The smallest absolute Gasteiger partial charge is 0.266 e. The zero-order valence-corrected chi connectivity index (χ0v) is 18.1. The van der Waals surface area contributed by atoms with Crippen molar-refractivity contribution in [1.82, 2.24) is 4.90 Å². The molecule has 0 aliphatic rings. The van der Waals surface area contributed by atoms with Crippen molar-refractivity contribution in [3.8, 4) is 0 Å². The zero-order chi connectivity index (χ0) is 19.5. The van der Waals surface area contributed by atoms with E-state index in [1.165, 1.54) is 83.5 Å². The molecule has 0 saturated carbocycles. The van der Waals surface area contributed by atoms with Crippen LogP contribution in [0.3, 0.4) is 0 Å². The Labute approximate surface area is 163 Å². The van der Waals surface area contributed by atoms with E-state index in [0.29, 0.717) is 6.54 Å². The Kier molecular flexibility index (Phi) is 17.7. The maximum absolute atomic E-state index is 10.7. The van der Waals surface area contributed by atoms with E-state index in [1.807, 2.05) is 11.9 Å². The maximum atomic E-state index is 10.7. The average molecular weight is 390 g/mol. The molecule has 0 amide bonds. The van der Waals surface area contributed by atoms with Gasteiger partial charge in [0, 0.05) is 6.54 Å². The molecule has 0 aliphatic carbocycles. The fourth-order valence-corrected chi connectivity index (χ4v) is 3.55. The highest BCUT2D eigenvalue weighted by molar-refractivity contribution is 7.85. The van der Waals surface area contributed by atoms with Gasteiger partial charge in [-0.25, -0.2) is 0 Å². The normalized spacial score (nSPS) is 12.5. The summed E-state index contributed by atoms with van der Waals surface area (Å²) >= 11 is 0. The molecule has 0 aromatic carbocycles. The standard InChI is InChI=1S/C21H43NO3S/c1-3-4-5-6-7-8-9-10-11-12-13-14-15-16-17-18-19-22(2)20-21-26(23,24)25/h10-11H,3-9,12-21H2,1-2H3,(H,23,24,25)/b11-10-. The van der Waals surface area contributed by atoms with Gasteiger partial charge < -0.3 is 4.90 Å². The summed E-state index contributed by atoms with van der Waals surface area (Å²) in [6, 6.07) is 0. The Balaban J connectivity index is 3.25. The number of allylic oxidation sites excluding steroid dienone is 2. The van der Waals surface area contributed by atoms with E-state index >= 15 is 0 Å². The molecule has 0 unspecified atom stereocenters. The minimum absolute atomic E-state index is 0.171. The Bertz CT molecular complexity index is 421. The molecule has 0 aliphatic heterocycles. The lowest BCUT2D eigenvalue weighted by atomic mass is 10.1. The minimum Gasteiger partial charge on any atom is -0.305 e. The number of hydrogen-bond donors (Lipinski definition) is 1.